The van der Waals surface area contributed by atoms with Gasteiger partial charge in [-0.1, -0.05) is 0 Å². The zero-order valence-corrected chi connectivity index (χ0v) is 14.5. The summed E-state index contributed by atoms with van der Waals surface area (Å²) in [6.07, 6.45) is 4.01. The number of aliphatic hydroxyl groups is 1. The SMILES string of the molecule is CN(CCO)c1ccc(NC(=O)c2cccnc2N2CCCC2)cc1. The van der Waals surface area contributed by atoms with Gasteiger partial charge in [-0.15, -0.1) is 0 Å². The number of likely N-dealkylation sites (N-methyl/N-ethyl adjacent to an activating group) is 1. The normalized spacial score (nSPS) is 13.8. The average Bonchev–Trinajstić information content (AvgIpc) is 3.17. The maximum absolute atomic E-state index is 12.7. The summed E-state index contributed by atoms with van der Waals surface area (Å²) < 4.78 is 0. The number of benzene rings is 1. The van der Waals surface area contributed by atoms with Crippen molar-refractivity contribution < 1.29 is 9.90 Å². The van der Waals surface area contributed by atoms with Gasteiger partial charge >= 0.3 is 0 Å². The molecule has 25 heavy (non-hydrogen) atoms. The van der Waals surface area contributed by atoms with Crippen molar-refractivity contribution in [3.8, 4) is 0 Å². The van der Waals surface area contributed by atoms with Gasteiger partial charge in [-0.3, -0.25) is 4.79 Å². The number of amides is 1. The predicted molar refractivity (Wildman–Crippen MR) is 100 cm³/mol. The predicted octanol–water partition coefficient (Wildman–Crippen LogP) is 2.36. The van der Waals surface area contributed by atoms with E-state index in [-0.39, 0.29) is 12.5 Å². The molecule has 2 heterocycles. The fraction of sp³-hybridized carbons (Fsp3) is 0.368. The van der Waals surface area contributed by atoms with Crippen LogP contribution in [0.4, 0.5) is 17.2 Å². The van der Waals surface area contributed by atoms with Crippen LogP contribution in [-0.4, -0.2) is 49.3 Å². The minimum Gasteiger partial charge on any atom is -0.395 e. The quantitative estimate of drug-likeness (QED) is 0.845. The van der Waals surface area contributed by atoms with Gasteiger partial charge < -0.3 is 20.2 Å². The van der Waals surface area contributed by atoms with Gasteiger partial charge in [-0.05, 0) is 49.2 Å². The summed E-state index contributed by atoms with van der Waals surface area (Å²) in [7, 11) is 1.92. The molecule has 1 aromatic heterocycles. The Bertz CT molecular complexity index is 712. The van der Waals surface area contributed by atoms with E-state index < -0.39 is 0 Å². The summed E-state index contributed by atoms with van der Waals surface area (Å²) in [6.45, 7) is 2.57. The highest BCUT2D eigenvalue weighted by atomic mass is 16.3. The molecule has 1 fully saturated rings. The van der Waals surface area contributed by atoms with Crippen molar-refractivity contribution >= 4 is 23.1 Å². The molecule has 0 aliphatic carbocycles. The first-order chi connectivity index (χ1) is 12.2. The fourth-order valence-electron chi connectivity index (χ4n) is 3.03. The number of aromatic nitrogens is 1. The van der Waals surface area contributed by atoms with E-state index in [1.807, 2.05) is 42.3 Å². The van der Waals surface area contributed by atoms with Gasteiger partial charge in [0.2, 0.25) is 0 Å². The second-order valence-corrected chi connectivity index (χ2v) is 6.21. The first-order valence-corrected chi connectivity index (χ1v) is 8.62. The van der Waals surface area contributed by atoms with E-state index in [9.17, 15) is 4.79 Å². The third kappa shape index (κ3) is 4.09. The van der Waals surface area contributed by atoms with Crippen molar-refractivity contribution in [3.63, 3.8) is 0 Å². The molecule has 3 rings (SSSR count). The number of aliphatic hydroxyl groups excluding tert-OH is 1. The van der Waals surface area contributed by atoms with Crippen molar-refractivity contribution in [3.05, 3.63) is 48.2 Å². The Morgan fingerprint density at radius 1 is 1.24 bits per heavy atom. The highest BCUT2D eigenvalue weighted by Gasteiger charge is 2.20. The van der Waals surface area contributed by atoms with Crippen molar-refractivity contribution in [1.29, 1.82) is 0 Å². The second-order valence-electron chi connectivity index (χ2n) is 6.21. The molecule has 0 atom stereocenters. The number of hydrogen-bond acceptors (Lipinski definition) is 5. The zero-order valence-electron chi connectivity index (χ0n) is 14.5. The lowest BCUT2D eigenvalue weighted by Crippen LogP contribution is -2.24. The molecule has 6 heteroatoms. The summed E-state index contributed by atoms with van der Waals surface area (Å²) in [5.41, 5.74) is 2.33. The van der Waals surface area contributed by atoms with E-state index in [2.05, 4.69) is 15.2 Å². The number of carbonyl (C=O) groups excluding carboxylic acids is 1. The number of hydrogen-bond donors (Lipinski definition) is 2. The van der Waals surface area contributed by atoms with Crippen LogP contribution in [0.3, 0.4) is 0 Å². The summed E-state index contributed by atoms with van der Waals surface area (Å²) in [5.74, 6) is 0.614. The summed E-state index contributed by atoms with van der Waals surface area (Å²) >= 11 is 0. The molecule has 1 amide bonds. The third-order valence-electron chi connectivity index (χ3n) is 4.44. The highest BCUT2D eigenvalue weighted by molar-refractivity contribution is 6.07. The number of rotatable bonds is 6. The summed E-state index contributed by atoms with van der Waals surface area (Å²) in [6, 6.07) is 11.2. The Morgan fingerprint density at radius 3 is 2.64 bits per heavy atom. The van der Waals surface area contributed by atoms with Crippen LogP contribution in [0.25, 0.3) is 0 Å². The van der Waals surface area contributed by atoms with Gasteiger partial charge in [0, 0.05) is 44.3 Å². The Kier molecular flexibility index (Phi) is 5.50. The monoisotopic (exact) mass is 340 g/mol. The second kappa shape index (κ2) is 7.98. The van der Waals surface area contributed by atoms with E-state index in [0.717, 1.165) is 43.1 Å². The van der Waals surface area contributed by atoms with E-state index in [4.69, 9.17) is 5.11 Å². The standard InChI is InChI=1S/C19H24N4O2/c1-22(13-14-24)16-8-6-15(7-9-16)21-19(25)17-5-4-10-20-18(17)23-11-2-3-12-23/h4-10,24H,2-3,11-14H2,1H3,(H,21,25). The molecule has 6 nitrogen and oxygen atoms in total. The summed E-state index contributed by atoms with van der Waals surface area (Å²) in [4.78, 5) is 21.2. The van der Waals surface area contributed by atoms with Gasteiger partial charge in [0.05, 0.1) is 12.2 Å². The van der Waals surface area contributed by atoms with Crippen molar-refractivity contribution in [2.75, 3.05) is 48.4 Å². The van der Waals surface area contributed by atoms with Crippen LogP contribution in [0.1, 0.15) is 23.2 Å². The number of nitrogens with one attached hydrogen (secondary N) is 1. The van der Waals surface area contributed by atoms with Crippen molar-refractivity contribution in [2.24, 2.45) is 0 Å². The van der Waals surface area contributed by atoms with Gasteiger partial charge in [0.15, 0.2) is 0 Å². The first kappa shape index (κ1) is 17.2. The van der Waals surface area contributed by atoms with E-state index >= 15 is 0 Å². The van der Waals surface area contributed by atoms with Gasteiger partial charge in [-0.2, -0.15) is 0 Å². The van der Waals surface area contributed by atoms with Crippen LogP contribution in [0.15, 0.2) is 42.6 Å². The number of anilines is 3. The number of carbonyl (C=O) groups is 1. The average molecular weight is 340 g/mol. The molecule has 1 aliphatic heterocycles. The van der Waals surface area contributed by atoms with Crippen LogP contribution in [0.2, 0.25) is 0 Å². The lowest BCUT2D eigenvalue weighted by molar-refractivity contribution is 0.102. The molecular weight excluding hydrogens is 316 g/mol. The molecule has 0 saturated carbocycles. The maximum atomic E-state index is 12.7. The fourth-order valence-corrected chi connectivity index (χ4v) is 3.03. The molecule has 2 N–H and O–H groups in total. The molecule has 0 radical (unpaired) electrons. The highest BCUT2D eigenvalue weighted by Crippen LogP contribution is 2.23. The van der Waals surface area contributed by atoms with Crippen LogP contribution >= 0.6 is 0 Å². The summed E-state index contributed by atoms with van der Waals surface area (Å²) in [5, 5.41) is 12.0. The van der Waals surface area contributed by atoms with Crippen molar-refractivity contribution in [1.82, 2.24) is 4.98 Å². The molecule has 1 aliphatic rings. The largest absolute Gasteiger partial charge is 0.395 e. The minimum absolute atomic E-state index is 0.106. The van der Waals surface area contributed by atoms with Crippen LogP contribution in [0.5, 0.6) is 0 Å². The lowest BCUT2D eigenvalue weighted by Gasteiger charge is -2.20. The molecule has 1 aromatic carbocycles. The van der Waals surface area contributed by atoms with Crippen LogP contribution in [-0.2, 0) is 0 Å². The lowest BCUT2D eigenvalue weighted by atomic mass is 10.2. The van der Waals surface area contributed by atoms with E-state index in [0.29, 0.717) is 12.1 Å². The molecule has 1 saturated heterocycles. The number of pyridine rings is 1. The molecule has 0 spiro atoms. The maximum Gasteiger partial charge on any atom is 0.259 e. The van der Waals surface area contributed by atoms with E-state index in [1.54, 1.807) is 12.3 Å². The molecular formula is C19H24N4O2. The Morgan fingerprint density at radius 2 is 1.96 bits per heavy atom. The first-order valence-electron chi connectivity index (χ1n) is 8.62. The molecule has 0 bridgehead atoms. The van der Waals surface area contributed by atoms with Crippen molar-refractivity contribution in [2.45, 2.75) is 12.8 Å². The Labute approximate surface area is 148 Å². The van der Waals surface area contributed by atoms with Gasteiger partial charge in [0.1, 0.15) is 5.82 Å². The topological polar surface area (TPSA) is 68.7 Å². The molecule has 0 unspecified atom stereocenters. The third-order valence-corrected chi connectivity index (χ3v) is 4.44. The minimum atomic E-state index is -0.147. The molecule has 132 valence electrons. The van der Waals surface area contributed by atoms with Crippen LogP contribution < -0.4 is 15.1 Å². The zero-order chi connectivity index (χ0) is 17.6. The number of nitrogens with zero attached hydrogens (tertiary/aromatic N) is 3. The Balaban J connectivity index is 1.72. The van der Waals surface area contributed by atoms with Gasteiger partial charge in [0.25, 0.3) is 5.91 Å². The Hall–Kier alpha value is -2.60. The molecule has 2 aromatic rings. The van der Waals surface area contributed by atoms with E-state index in [1.165, 1.54) is 0 Å². The van der Waals surface area contributed by atoms with Gasteiger partial charge in [-0.25, -0.2) is 4.98 Å². The van der Waals surface area contributed by atoms with Crippen LogP contribution in [0, 0.1) is 0 Å². The smallest absolute Gasteiger partial charge is 0.259 e.